The Morgan fingerprint density at radius 3 is 2.75 bits per heavy atom. The van der Waals surface area contributed by atoms with Crippen molar-refractivity contribution in [3.05, 3.63) is 16.9 Å². The predicted octanol–water partition coefficient (Wildman–Crippen LogP) is 1.39. The third kappa shape index (κ3) is 2.74. The molecule has 6 heteroatoms. The van der Waals surface area contributed by atoms with E-state index in [-0.39, 0.29) is 12.1 Å². The van der Waals surface area contributed by atoms with Crippen LogP contribution >= 0.6 is 11.6 Å². The first-order valence-electron chi connectivity index (χ1n) is 5.32. The van der Waals surface area contributed by atoms with E-state index in [0.29, 0.717) is 5.02 Å². The largest absolute Gasteiger partial charge is 0.379 e. The molecular weight excluding hydrogens is 228 g/mol. The fourth-order valence-electron chi connectivity index (χ4n) is 1.84. The lowest BCUT2D eigenvalue weighted by Gasteiger charge is -2.25. The van der Waals surface area contributed by atoms with Crippen molar-refractivity contribution in [2.75, 3.05) is 7.11 Å². The summed E-state index contributed by atoms with van der Waals surface area (Å²) in [5.74, 6) is 5.58. The molecule has 1 rings (SSSR count). The molecular formula is C10H19ClN4O. The summed E-state index contributed by atoms with van der Waals surface area (Å²) >= 11 is 6.09. The van der Waals surface area contributed by atoms with Gasteiger partial charge in [-0.1, -0.05) is 24.9 Å². The topological polar surface area (TPSA) is 65.1 Å². The zero-order chi connectivity index (χ0) is 12.1. The summed E-state index contributed by atoms with van der Waals surface area (Å²) in [5, 5.41) is 4.70. The number of nitrogens with two attached hydrogens (primary N) is 1. The van der Waals surface area contributed by atoms with Gasteiger partial charge >= 0.3 is 0 Å². The second-order valence-electron chi connectivity index (χ2n) is 3.71. The average molecular weight is 247 g/mol. The van der Waals surface area contributed by atoms with Crippen LogP contribution in [0.2, 0.25) is 5.02 Å². The van der Waals surface area contributed by atoms with E-state index in [4.69, 9.17) is 22.2 Å². The molecule has 0 aliphatic carbocycles. The second-order valence-corrected chi connectivity index (χ2v) is 4.12. The van der Waals surface area contributed by atoms with Gasteiger partial charge in [0.1, 0.15) is 0 Å². The zero-order valence-corrected chi connectivity index (χ0v) is 10.7. The number of hydrazine groups is 1. The van der Waals surface area contributed by atoms with Crippen molar-refractivity contribution in [3.63, 3.8) is 0 Å². The smallest absolute Gasteiger partial charge is 0.0905 e. The number of hydrogen-bond donors (Lipinski definition) is 2. The van der Waals surface area contributed by atoms with Crippen molar-refractivity contribution in [1.29, 1.82) is 0 Å². The molecule has 1 aromatic rings. The first kappa shape index (κ1) is 13.4. The molecule has 1 heterocycles. The molecule has 0 saturated carbocycles. The minimum atomic E-state index is -0.148. The van der Waals surface area contributed by atoms with Crippen LogP contribution in [0.4, 0.5) is 0 Å². The van der Waals surface area contributed by atoms with Gasteiger partial charge in [-0.05, 0) is 6.42 Å². The van der Waals surface area contributed by atoms with Crippen LogP contribution in [0.15, 0.2) is 6.20 Å². The van der Waals surface area contributed by atoms with Crippen LogP contribution in [0.25, 0.3) is 0 Å². The van der Waals surface area contributed by atoms with Crippen LogP contribution < -0.4 is 11.3 Å². The van der Waals surface area contributed by atoms with Crippen molar-refractivity contribution in [2.24, 2.45) is 12.9 Å². The third-order valence-electron chi connectivity index (χ3n) is 2.66. The molecule has 0 aliphatic rings. The van der Waals surface area contributed by atoms with Gasteiger partial charge in [-0.3, -0.25) is 10.5 Å². The fourth-order valence-corrected chi connectivity index (χ4v) is 2.12. The van der Waals surface area contributed by atoms with Crippen LogP contribution in [0.3, 0.4) is 0 Å². The number of aromatic nitrogens is 2. The second kappa shape index (κ2) is 6.20. The number of nitrogens with one attached hydrogen (secondary N) is 1. The quantitative estimate of drug-likeness (QED) is 0.588. The highest BCUT2D eigenvalue weighted by molar-refractivity contribution is 6.31. The molecule has 0 aromatic carbocycles. The Bertz CT molecular complexity index is 309. The molecule has 0 radical (unpaired) electrons. The normalized spacial score (nSPS) is 15.1. The number of nitrogens with zero attached hydrogens (tertiary/aromatic N) is 2. The number of methoxy groups -OCH3 is 1. The minimum Gasteiger partial charge on any atom is -0.379 e. The van der Waals surface area contributed by atoms with Crippen molar-refractivity contribution >= 4 is 11.6 Å². The van der Waals surface area contributed by atoms with E-state index in [1.54, 1.807) is 18.0 Å². The molecule has 2 atom stereocenters. The lowest BCUT2D eigenvalue weighted by molar-refractivity contribution is 0.0581. The highest BCUT2D eigenvalue weighted by Gasteiger charge is 2.26. The molecule has 3 N–H and O–H groups in total. The Morgan fingerprint density at radius 2 is 2.38 bits per heavy atom. The maximum absolute atomic E-state index is 6.09. The van der Waals surface area contributed by atoms with Crippen molar-refractivity contribution < 1.29 is 4.74 Å². The predicted molar refractivity (Wildman–Crippen MR) is 64.0 cm³/mol. The van der Waals surface area contributed by atoms with Gasteiger partial charge in [-0.25, -0.2) is 5.43 Å². The summed E-state index contributed by atoms with van der Waals surface area (Å²) in [6.07, 6.45) is 3.53. The lowest BCUT2D eigenvalue weighted by Crippen LogP contribution is -2.38. The van der Waals surface area contributed by atoms with E-state index >= 15 is 0 Å². The molecule has 0 fully saturated rings. The molecule has 92 valence electrons. The monoisotopic (exact) mass is 246 g/mol. The van der Waals surface area contributed by atoms with E-state index in [1.165, 1.54) is 0 Å². The van der Waals surface area contributed by atoms with Gasteiger partial charge in [-0.2, -0.15) is 5.10 Å². The molecule has 5 nitrogen and oxygen atoms in total. The highest BCUT2D eigenvalue weighted by Crippen LogP contribution is 2.27. The van der Waals surface area contributed by atoms with Gasteiger partial charge in [0, 0.05) is 14.2 Å². The Hall–Kier alpha value is -0.620. The Morgan fingerprint density at radius 1 is 1.69 bits per heavy atom. The highest BCUT2D eigenvalue weighted by atomic mass is 35.5. The van der Waals surface area contributed by atoms with Crippen molar-refractivity contribution in [1.82, 2.24) is 15.2 Å². The summed E-state index contributed by atoms with van der Waals surface area (Å²) < 4.78 is 7.15. The summed E-state index contributed by atoms with van der Waals surface area (Å²) in [6, 6.07) is -0.148. The van der Waals surface area contributed by atoms with Gasteiger partial charge < -0.3 is 4.74 Å². The van der Waals surface area contributed by atoms with E-state index in [1.807, 2.05) is 7.05 Å². The van der Waals surface area contributed by atoms with Gasteiger partial charge in [0.05, 0.1) is 29.1 Å². The van der Waals surface area contributed by atoms with E-state index in [2.05, 4.69) is 17.4 Å². The van der Waals surface area contributed by atoms with Crippen LogP contribution in [0, 0.1) is 0 Å². The van der Waals surface area contributed by atoms with Crippen LogP contribution in [0.5, 0.6) is 0 Å². The molecule has 0 amide bonds. The number of hydrogen-bond acceptors (Lipinski definition) is 4. The Labute approximate surface area is 101 Å². The van der Waals surface area contributed by atoms with Crippen molar-refractivity contribution in [3.8, 4) is 0 Å². The fraction of sp³-hybridized carbons (Fsp3) is 0.700. The summed E-state index contributed by atoms with van der Waals surface area (Å²) in [4.78, 5) is 0. The number of ether oxygens (including phenoxy) is 1. The van der Waals surface area contributed by atoms with Crippen LogP contribution in [0.1, 0.15) is 31.5 Å². The molecule has 1 aromatic heterocycles. The van der Waals surface area contributed by atoms with Crippen molar-refractivity contribution in [2.45, 2.75) is 31.9 Å². The Balaban J connectivity index is 2.96. The van der Waals surface area contributed by atoms with Gasteiger partial charge in [0.15, 0.2) is 0 Å². The van der Waals surface area contributed by atoms with Gasteiger partial charge in [0.2, 0.25) is 0 Å². The zero-order valence-electron chi connectivity index (χ0n) is 9.90. The van der Waals surface area contributed by atoms with E-state index < -0.39 is 0 Å². The first-order chi connectivity index (χ1) is 7.65. The summed E-state index contributed by atoms with van der Waals surface area (Å²) in [7, 11) is 3.51. The first-order valence-corrected chi connectivity index (χ1v) is 5.69. The molecule has 16 heavy (non-hydrogen) atoms. The average Bonchev–Trinajstić information content (AvgIpc) is 2.60. The lowest BCUT2D eigenvalue weighted by atomic mass is 10.0. The molecule has 0 saturated heterocycles. The minimum absolute atomic E-state index is 0.0112. The maximum atomic E-state index is 6.09. The van der Waals surface area contributed by atoms with Crippen LogP contribution in [-0.2, 0) is 11.8 Å². The summed E-state index contributed by atoms with van der Waals surface area (Å²) in [5.41, 5.74) is 3.60. The number of halogens is 1. The third-order valence-corrected chi connectivity index (χ3v) is 2.95. The Kier molecular flexibility index (Phi) is 5.21. The van der Waals surface area contributed by atoms with Gasteiger partial charge in [-0.15, -0.1) is 0 Å². The van der Waals surface area contributed by atoms with E-state index in [0.717, 1.165) is 18.5 Å². The molecule has 0 spiro atoms. The van der Waals surface area contributed by atoms with Gasteiger partial charge in [0.25, 0.3) is 0 Å². The molecule has 0 aliphatic heterocycles. The number of rotatable bonds is 6. The molecule has 0 bridgehead atoms. The molecule has 2 unspecified atom stereocenters. The van der Waals surface area contributed by atoms with Crippen LogP contribution in [-0.4, -0.2) is 23.0 Å². The number of aryl methyl sites for hydroxylation is 1. The van der Waals surface area contributed by atoms with E-state index in [9.17, 15) is 0 Å². The standard InChI is InChI=1S/C10H19ClN4O/c1-4-5-8(16-3)9(14-12)10-7(11)6-13-15(10)2/h6,8-9,14H,4-5,12H2,1-3H3. The SMILES string of the molecule is CCCC(OC)C(NN)c1c(Cl)cnn1C. The summed E-state index contributed by atoms with van der Waals surface area (Å²) in [6.45, 7) is 2.10. The maximum Gasteiger partial charge on any atom is 0.0905 e.